The minimum Gasteiger partial charge on any atom is -0.493 e. The lowest BCUT2D eigenvalue weighted by atomic mass is 10.3. The van der Waals surface area contributed by atoms with Crippen molar-refractivity contribution in [2.45, 2.75) is 24.5 Å². The predicted octanol–water partition coefficient (Wildman–Crippen LogP) is 3.84. The van der Waals surface area contributed by atoms with Crippen molar-refractivity contribution in [2.24, 2.45) is 0 Å². The molecule has 0 radical (unpaired) electrons. The summed E-state index contributed by atoms with van der Waals surface area (Å²) in [6.07, 6.45) is 2.19. The average molecular weight is 412 g/mol. The Morgan fingerprint density at radius 3 is 2.59 bits per heavy atom. The monoisotopic (exact) mass is 411 g/mol. The Balaban J connectivity index is 1.44. The highest BCUT2D eigenvalue weighted by Gasteiger charge is 2.21. The third-order valence-electron chi connectivity index (χ3n) is 5.01. The van der Waals surface area contributed by atoms with E-state index in [0.717, 1.165) is 59.4 Å². The first kappa shape index (κ1) is 19.6. The normalized spacial score (nSPS) is 13.8. The summed E-state index contributed by atoms with van der Waals surface area (Å²) in [5.74, 6) is 2.34. The van der Waals surface area contributed by atoms with E-state index in [4.69, 9.17) is 14.5 Å². The Hall–Kier alpha value is -2.67. The maximum Gasteiger partial charge on any atom is 0.242 e. The van der Waals surface area contributed by atoms with Crippen molar-refractivity contribution >= 4 is 28.7 Å². The minimum atomic E-state index is 0.165. The molecular weight excluding hydrogens is 386 g/mol. The molecule has 4 rings (SSSR count). The zero-order valence-corrected chi connectivity index (χ0v) is 17.4. The number of thioether (sulfide) groups is 1. The van der Waals surface area contributed by atoms with Gasteiger partial charge in [0.1, 0.15) is 6.54 Å². The first-order valence-corrected chi connectivity index (χ1v) is 10.9. The Labute approximate surface area is 174 Å². The smallest absolute Gasteiger partial charge is 0.242 e. The van der Waals surface area contributed by atoms with Gasteiger partial charge in [-0.2, -0.15) is 0 Å². The number of benzene rings is 2. The molecule has 0 saturated carbocycles. The van der Waals surface area contributed by atoms with Crippen molar-refractivity contribution in [1.29, 1.82) is 0 Å². The maximum absolute atomic E-state index is 12.7. The summed E-state index contributed by atoms with van der Waals surface area (Å²) in [5, 5.41) is 0.849. The molecule has 0 atom stereocenters. The highest BCUT2D eigenvalue weighted by atomic mass is 32.2. The van der Waals surface area contributed by atoms with Crippen molar-refractivity contribution in [3.05, 3.63) is 48.5 Å². The molecule has 1 amide bonds. The van der Waals surface area contributed by atoms with Crippen LogP contribution >= 0.6 is 11.8 Å². The summed E-state index contributed by atoms with van der Waals surface area (Å²) in [6.45, 7) is 2.58. The average Bonchev–Trinajstić information content (AvgIpc) is 3.40. The van der Waals surface area contributed by atoms with E-state index in [2.05, 4.69) is 0 Å². The van der Waals surface area contributed by atoms with Crippen LogP contribution in [0.4, 0.5) is 0 Å². The number of carbonyl (C=O) groups is 1. The summed E-state index contributed by atoms with van der Waals surface area (Å²) in [5.41, 5.74) is 1.91. The number of nitrogens with zero attached hydrogens (tertiary/aromatic N) is 3. The quantitative estimate of drug-likeness (QED) is 0.416. The van der Waals surface area contributed by atoms with Gasteiger partial charge in [-0.3, -0.25) is 4.79 Å². The van der Waals surface area contributed by atoms with Gasteiger partial charge in [0.05, 0.1) is 24.8 Å². The molecule has 1 aliphatic heterocycles. The van der Waals surface area contributed by atoms with Gasteiger partial charge < -0.3 is 18.9 Å². The number of methoxy groups -OCH3 is 1. The Morgan fingerprint density at radius 2 is 1.79 bits per heavy atom. The number of aromatic nitrogens is 2. The molecule has 0 spiro atoms. The van der Waals surface area contributed by atoms with Gasteiger partial charge in [-0.15, -0.1) is 0 Å². The van der Waals surface area contributed by atoms with Gasteiger partial charge in [-0.25, -0.2) is 4.98 Å². The highest BCUT2D eigenvalue weighted by Crippen LogP contribution is 2.27. The summed E-state index contributed by atoms with van der Waals surface area (Å²) in [6, 6.07) is 15.6. The van der Waals surface area contributed by atoms with E-state index in [0.29, 0.717) is 13.2 Å². The molecule has 0 N–H and O–H groups in total. The Morgan fingerprint density at radius 1 is 1.07 bits per heavy atom. The second-order valence-electron chi connectivity index (χ2n) is 6.90. The van der Waals surface area contributed by atoms with E-state index in [1.165, 1.54) is 0 Å². The van der Waals surface area contributed by atoms with Crippen LogP contribution in [0.1, 0.15) is 12.8 Å². The van der Waals surface area contributed by atoms with E-state index in [-0.39, 0.29) is 5.91 Å². The summed E-state index contributed by atoms with van der Waals surface area (Å²) in [7, 11) is 1.64. The first-order chi connectivity index (χ1) is 14.3. The molecule has 0 aliphatic carbocycles. The van der Waals surface area contributed by atoms with E-state index < -0.39 is 0 Å². The number of likely N-dealkylation sites (tertiary alicyclic amines) is 1. The molecule has 2 heterocycles. The van der Waals surface area contributed by atoms with Crippen molar-refractivity contribution < 1.29 is 14.3 Å². The molecule has 2 aromatic carbocycles. The number of amides is 1. The lowest BCUT2D eigenvalue weighted by molar-refractivity contribution is -0.130. The topological polar surface area (TPSA) is 56.6 Å². The third-order valence-corrected chi connectivity index (χ3v) is 5.95. The van der Waals surface area contributed by atoms with Crippen LogP contribution in [0.3, 0.4) is 0 Å². The molecule has 1 aromatic heterocycles. The fraction of sp³-hybridized carbons (Fsp3) is 0.364. The van der Waals surface area contributed by atoms with Crippen LogP contribution in [-0.4, -0.2) is 52.9 Å². The van der Waals surface area contributed by atoms with Crippen LogP contribution in [0.2, 0.25) is 0 Å². The molecule has 0 bridgehead atoms. The molecule has 152 valence electrons. The lowest BCUT2D eigenvalue weighted by Gasteiger charge is -2.17. The van der Waals surface area contributed by atoms with Gasteiger partial charge in [-0.05, 0) is 37.1 Å². The van der Waals surface area contributed by atoms with Crippen molar-refractivity contribution in [2.75, 3.05) is 32.6 Å². The first-order valence-electron chi connectivity index (χ1n) is 9.88. The Kier molecular flexibility index (Phi) is 6.24. The molecule has 29 heavy (non-hydrogen) atoms. The predicted molar refractivity (Wildman–Crippen MR) is 115 cm³/mol. The SMILES string of the molecule is COc1ccccc1OCCSc1nc2ccccc2n1CC(=O)N1CCCC1. The fourth-order valence-electron chi connectivity index (χ4n) is 3.54. The highest BCUT2D eigenvalue weighted by molar-refractivity contribution is 7.99. The van der Waals surface area contributed by atoms with Crippen molar-refractivity contribution in [1.82, 2.24) is 14.5 Å². The van der Waals surface area contributed by atoms with Gasteiger partial charge >= 0.3 is 0 Å². The molecule has 7 heteroatoms. The molecule has 1 fully saturated rings. The van der Waals surface area contributed by atoms with Crippen LogP contribution in [0.25, 0.3) is 11.0 Å². The van der Waals surface area contributed by atoms with Crippen LogP contribution in [0.15, 0.2) is 53.7 Å². The van der Waals surface area contributed by atoms with Gasteiger partial charge in [0.15, 0.2) is 16.7 Å². The number of ether oxygens (including phenoxy) is 2. The summed E-state index contributed by atoms with van der Waals surface area (Å²) in [4.78, 5) is 19.4. The lowest BCUT2D eigenvalue weighted by Crippen LogP contribution is -2.31. The minimum absolute atomic E-state index is 0.165. The second-order valence-corrected chi connectivity index (χ2v) is 7.97. The number of carbonyl (C=O) groups excluding carboxylic acids is 1. The zero-order chi connectivity index (χ0) is 20.1. The van der Waals surface area contributed by atoms with Gasteiger partial charge in [0, 0.05) is 18.8 Å². The number of hydrogen-bond donors (Lipinski definition) is 0. The number of para-hydroxylation sites is 4. The van der Waals surface area contributed by atoms with Gasteiger partial charge in [-0.1, -0.05) is 36.0 Å². The van der Waals surface area contributed by atoms with Crippen LogP contribution in [0.5, 0.6) is 11.5 Å². The molecule has 1 aliphatic rings. The van der Waals surface area contributed by atoms with Crippen LogP contribution in [-0.2, 0) is 11.3 Å². The summed E-state index contributed by atoms with van der Waals surface area (Å²) < 4.78 is 13.2. The number of hydrogen-bond acceptors (Lipinski definition) is 5. The molecule has 1 saturated heterocycles. The van der Waals surface area contributed by atoms with Gasteiger partial charge in [0.2, 0.25) is 5.91 Å². The van der Waals surface area contributed by atoms with Crippen molar-refractivity contribution in [3.8, 4) is 11.5 Å². The van der Waals surface area contributed by atoms with Crippen LogP contribution in [0, 0.1) is 0 Å². The molecular formula is C22H25N3O3S. The molecule has 0 unspecified atom stereocenters. The van der Waals surface area contributed by atoms with E-state index in [1.54, 1.807) is 18.9 Å². The zero-order valence-electron chi connectivity index (χ0n) is 16.5. The Bertz CT molecular complexity index is 982. The molecule has 3 aromatic rings. The maximum atomic E-state index is 12.7. The van der Waals surface area contributed by atoms with Crippen molar-refractivity contribution in [3.63, 3.8) is 0 Å². The number of rotatable bonds is 8. The summed E-state index contributed by atoms with van der Waals surface area (Å²) >= 11 is 1.61. The molecule has 6 nitrogen and oxygen atoms in total. The van der Waals surface area contributed by atoms with E-state index in [9.17, 15) is 4.79 Å². The number of fused-ring (bicyclic) bond motifs is 1. The largest absolute Gasteiger partial charge is 0.493 e. The van der Waals surface area contributed by atoms with E-state index in [1.807, 2.05) is 58.0 Å². The van der Waals surface area contributed by atoms with Gasteiger partial charge in [0.25, 0.3) is 0 Å². The standard InChI is InChI=1S/C22H25N3O3S/c1-27-19-10-4-5-11-20(19)28-14-15-29-22-23-17-8-2-3-9-18(17)25(22)16-21(26)24-12-6-7-13-24/h2-5,8-11H,6-7,12-16H2,1H3. The third kappa shape index (κ3) is 4.50. The second kappa shape index (κ2) is 9.22. The number of imidazole rings is 1. The van der Waals surface area contributed by atoms with Crippen LogP contribution < -0.4 is 9.47 Å². The van der Waals surface area contributed by atoms with E-state index >= 15 is 0 Å². The fourth-order valence-corrected chi connectivity index (χ4v) is 4.37.